The monoisotopic (exact) mass is 276 g/mol. The van der Waals surface area contributed by atoms with E-state index in [-0.39, 0.29) is 12.1 Å². The Morgan fingerprint density at radius 3 is 2.70 bits per heavy atom. The number of halogens is 2. The quantitative estimate of drug-likeness (QED) is 0.909. The van der Waals surface area contributed by atoms with Crippen LogP contribution in [0.25, 0.3) is 0 Å². The van der Waals surface area contributed by atoms with E-state index in [0.29, 0.717) is 6.04 Å². The molecule has 0 saturated heterocycles. The highest BCUT2D eigenvalue weighted by Gasteiger charge is 2.21. The number of hydrogen-bond donors (Lipinski definition) is 1. The lowest BCUT2D eigenvalue weighted by atomic mass is 9.91. The van der Waals surface area contributed by atoms with E-state index in [1.165, 1.54) is 29.3 Å². The Balaban J connectivity index is 1.91. The Morgan fingerprint density at radius 2 is 2.00 bits per heavy atom. The van der Waals surface area contributed by atoms with Gasteiger partial charge in [-0.05, 0) is 49.6 Å². The summed E-state index contributed by atoms with van der Waals surface area (Å²) in [5.74, 6) is -0.969. The summed E-state index contributed by atoms with van der Waals surface area (Å²) in [6.45, 7) is 0.238. The average Bonchev–Trinajstić information content (AvgIpc) is 2.85. The Bertz CT molecular complexity index is 599. The second kappa shape index (κ2) is 5.37. The van der Waals surface area contributed by atoms with Gasteiger partial charge in [-0.15, -0.1) is 0 Å². The predicted octanol–water partition coefficient (Wildman–Crippen LogP) is 3.41. The van der Waals surface area contributed by atoms with Crippen molar-refractivity contribution in [2.75, 3.05) is 7.05 Å². The van der Waals surface area contributed by atoms with Crippen LogP contribution in [0.15, 0.2) is 30.6 Å². The molecule has 1 aromatic heterocycles. The summed E-state index contributed by atoms with van der Waals surface area (Å²) < 4.78 is 29.3. The summed E-state index contributed by atoms with van der Waals surface area (Å²) in [7, 11) is 1.95. The minimum absolute atomic E-state index is 0.126. The van der Waals surface area contributed by atoms with E-state index in [9.17, 15) is 8.78 Å². The van der Waals surface area contributed by atoms with Gasteiger partial charge in [0.25, 0.3) is 0 Å². The van der Waals surface area contributed by atoms with E-state index >= 15 is 0 Å². The van der Waals surface area contributed by atoms with Gasteiger partial charge in [-0.25, -0.2) is 8.78 Å². The summed E-state index contributed by atoms with van der Waals surface area (Å²) >= 11 is 0. The van der Waals surface area contributed by atoms with Crippen molar-refractivity contribution in [3.8, 4) is 0 Å². The van der Waals surface area contributed by atoms with Crippen LogP contribution in [-0.2, 0) is 13.0 Å². The summed E-state index contributed by atoms with van der Waals surface area (Å²) in [6, 6.07) is 4.35. The van der Waals surface area contributed by atoms with Crippen LogP contribution in [0.1, 0.15) is 35.6 Å². The fourth-order valence-electron chi connectivity index (χ4n) is 3.01. The zero-order valence-electron chi connectivity index (χ0n) is 11.5. The minimum Gasteiger partial charge on any atom is -0.349 e. The van der Waals surface area contributed by atoms with Gasteiger partial charge in [-0.2, -0.15) is 0 Å². The van der Waals surface area contributed by atoms with E-state index in [0.717, 1.165) is 19.3 Å². The van der Waals surface area contributed by atoms with Gasteiger partial charge >= 0.3 is 0 Å². The summed E-state index contributed by atoms with van der Waals surface area (Å²) in [5.41, 5.74) is 2.67. The molecule has 1 aromatic carbocycles. The number of hydrogen-bond acceptors (Lipinski definition) is 1. The number of nitrogens with zero attached hydrogens (tertiary/aromatic N) is 1. The first kappa shape index (κ1) is 13.3. The van der Waals surface area contributed by atoms with Gasteiger partial charge in [-0.3, -0.25) is 0 Å². The molecule has 1 aliphatic carbocycles. The third-order valence-corrected chi connectivity index (χ3v) is 4.06. The predicted molar refractivity (Wildman–Crippen MR) is 74.6 cm³/mol. The summed E-state index contributed by atoms with van der Waals surface area (Å²) in [5, 5.41) is 3.30. The van der Waals surface area contributed by atoms with Crippen molar-refractivity contribution < 1.29 is 8.78 Å². The molecular weight excluding hydrogens is 258 g/mol. The van der Waals surface area contributed by atoms with Crippen LogP contribution in [0.3, 0.4) is 0 Å². The zero-order valence-corrected chi connectivity index (χ0v) is 11.5. The molecule has 0 radical (unpaired) electrons. The lowest BCUT2D eigenvalue weighted by Gasteiger charge is -2.21. The SMILES string of the molecule is CNC1CCCc2cn(Cc3c(F)cccc3F)cc21. The zero-order chi connectivity index (χ0) is 14.1. The Kier molecular flexibility index (Phi) is 3.57. The summed E-state index contributed by atoms with van der Waals surface area (Å²) in [4.78, 5) is 0. The van der Waals surface area contributed by atoms with Crippen LogP contribution in [0, 0.1) is 11.6 Å². The Labute approximate surface area is 117 Å². The number of aromatic nitrogens is 1. The van der Waals surface area contributed by atoms with E-state index in [2.05, 4.69) is 5.32 Å². The van der Waals surface area contributed by atoms with Crippen LogP contribution in [-0.4, -0.2) is 11.6 Å². The molecule has 1 aliphatic rings. The third kappa shape index (κ3) is 2.36. The number of rotatable bonds is 3. The van der Waals surface area contributed by atoms with Crippen LogP contribution in [0.2, 0.25) is 0 Å². The first-order chi connectivity index (χ1) is 9.69. The molecule has 1 heterocycles. The normalized spacial score (nSPS) is 18.1. The number of nitrogens with one attached hydrogen (secondary N) is 1. The van der Waals surface area contributed by atoms with Crippen molar-refractivity contribution >= 4 is 0 Å². The fraction of sp³-hybridized carbons (Fsp3) is 0.375. The average molecular weight is 276 g/mol. The van der Waals surface area contributed by atoms with E-state index in [1.807, 2.05) is 24.0 Å². The van der Waals surface area contributed by atoms with Crippen molar-refractivity contribution in [3.63, 3.8) is 0 Å². The molecule has 4 heteroatoms. The van der Waals surface area contributed by atoms with Crippen molar-refractivity contribution in [1.82, 2.24) is 9.88 Å². The van der Waals surface area contributed by atoms with Gasteiger partial charge in [0.15, 0.2) is 0 Å². The molecule has 3 rings (SSSR count). The number of benzene rings is 1. The van der Waals surface area contributed by atoms with Crippen LogP contribution in [0.4, 0.5) is 8.78 Å². The van der Waals surface area contributed by atoms with Gasteiger partial charge in [0.1, 0.15) is 11.6 Å². The smallest absolute Gasteiger partial charge is 0.131 e. The molecule has 106 valence electrons. The molecule has 0 aliphatic heterocycles. The highest BCUT2D eigenvalue weighted by atomic mass is 19.1. The standard InChI is InChI=1S/C16H18F2N2/c1-19-16-7-2-4-11-8-20(9-12(11)16)10-13-14(17)5-3-6-15(13)18/h3,5-6,8-9,16,19H,2,4,7,10H2,1H3. The molecule has 0 saturated carbocycles. The third-order valence-electron chi connectivity index (χ3n) is 4.06. The molecule has 1 atom stereocenters. The molecule has 1 unspecified atom stereocenters. The van der Waals surface area contributed by atoms with Crippen LogP contribution in [0.5, 0.6) is 0 Å². The van der Waals surface area contributed by atoms with Crippen LogP contribution >= 0.6 is 0 Å². The van der Waals surface area contributed by atoms with Gasteiger partial charge in [0, 0.05) is 24.0 Å². The molecule has 2 nitrogen and oxygen atoms in total. The minimum atomic E-state index is -0.484. The molecule has 1 N–H and O–H groups in total. The molecule has 0 bridgehead atoms. The van der Waals surface area contributed by atoms with E-state index < -0.39 is 11.6 Å². The Hall–Kier alpha value is -1.68. The van der Waals surface area contributed by atoms with Crippen molar-refractivity contribution in [2.24, 2.45) is 0 Å². The largest absolute Gasteiger partial charge is 0.349 e. The molecule has 0 spiro atoms. The topological polar surface area (TPSA) is 17.0 Å². The van der Waals surface area contributed by atoms with Gasteiger partial charge in [0.2, 0.25) is 0 Å². The first-order valence-corrected chi connectivity index (χ1v) is 6.97. The number of aryl methyl sites for hydroxylation is 1. The maximum Gasteiger partial charge on any atom is 0.131 e. The highest BCUT2D eigenvalue weighted by Crippen LogP contribution is 2.30. The fourth-order valence-corrected chi connectivity index (χ4v) is 3.01. The molecule has 2 aromatic rings. The maximum absolute atomic E-state index is 13.7. The molecular formula is C16H18F2N2. The van der Waals surface area contributed by atoms with E-state index in [4.69, 9.17) is 0 Å². The molecule has 20 heavy (non-hydrogen) atoms. The lowest BCUT2D eigenvalue weighted by Crippen LogP contribution is -2.20. The van der Waals surface area contributed by atoms with E-state index in [1.54, 1.807) is 0 Å². The second-order valence-corrected chi connectivity index (χ2v) is 5.34. The number of fused-ring (bicyclic) bond motifs is 1. The van der Waals surface area contributed by atoms with Gasteiger partial charge in [-0.1, -0.05) is 6.07 Å². The maximum atomic E-state index is 13.7. The first-order valence-electron chi connectivity index (χ1n) is 6.97. The molecule has 0 fully saturated rings. The highest BCUT2D eigenvalue weighted by molar-refractivity contribution is 5.31. The van der Waals surface area contributed by atoms with Crippen molar-refractivity contribution in [1.29, 1.82) is 0 Å². The van der Waals surface area contributed by atoms with Crippen molar-refractivity contribution in [2.45, 2.75) is 31.8 Å². The lowest BCUT2D eigenvalue weighted by molar-refractivity contribution is 0.498. The second-order valence-electron chi connectivity index (χ2n) is 5.34. The Morgan fingerprint density at radius 1 is 1.25 bits per heavy atom. The molecule has 0 amide bonds. The van der Waals surface area contributed by atoms with Crippen molar-refractivity contribution in [3.05, 3.63) is 58.9 Å². The van der Waals surface area contributed by atoms with Crippen LogP contribution < -0.4 is 5.32 Å². The van der Waals surface area contributed by atoms with Gasteiger partial charge in [0.05, 0.1) is 6.54 Å². The summed E-state index contributed by atoms with van der Waals surface area (Å²) in [6.07, 6.45) is 7.34. The van der Waals surface area contributed by atoms with Gasteiger partial charge < -0.3 is 9.88 Å².